The maximum absolute atomic E-state index is 14.8. The molecule has 0 N–H and O–H groups in total. The predicted molar refractivity (Wildman–Crippen MR) is 109 cm³/mol. The van der Waals surface area contributed by atoms with Gasteiger partial charge >= 0.3 is 5.97 Å². The molecule has 1 aromatic rings. The van der Waals surface area contributed by atoms with Crippen LogP contribution >= 0.6 is 0 Å². The monoisotopic (exact) mass is 410 g/mol. The van der Waals surface area contributed by atoms with Crippen LogP contribution in [0.4, 0.5) is 15.8 Å². The molecular formula is C21H31FN2O5. The molecule has 0 aliphatic heterocycles. The first-order valence-corrected chi connectivity index (χ1v) is 10.3. The van der Waals surface area contributed by atoms with E-state index < -0.39 is 22.8 Å². The third-order valence-corrected chi connectivity index (χ3v) is 5.03. The van der Waals surface area contributed by atoms with Crippen LogP contribution < -0.4 is 9.64 Å². The summed E-state index contributed by atoms with van der Waals surface area (Å²) in [5.74, 6) is -1.44. The second-order valence-electron chi connectivity index (χ2n) is 7.88. The highest BCUT2D eigenvalue weighted by Gasteiger charge is 2.30. The van der Waals surface area contributed by atoms with E-state index in [0.29, 0.717) is 6.54 Å². The Bertz CT molecular complexity index is 719. The van der Waals surface area contributed by atoms with Gasteiger partial charge in [-0.2, -0.15) is 0 Å². The second kappa shape index (κ2) is 10.4. The molecule has 0 amide bonds. The minimum Gasteiger partial charge on any atom is -0.476 e. The summed E-state index contributed by atoms with van der Waals surface area (Å²) in [7, 11) is 0. The average molecular weight is 410 g/mol. The van der Waals surface area contributed by atoms with Crippen molar-refractivity contribution >= 4 is 17.3 Å². The minimum atomic E-state index is -1.07. The van der Waals surface area contributed by atoms with Gasteiger partial charge in [-0.05, 0) is 32.6 Å². The zero-order valence-corrected chi connectivity index (χ0v) is 17.7. The summed E-state index contributed by atoms with van der Waals surface area (Å²) in [5, 5.41) is 11.8. The number of nitrogens with zero attached hydrogens (tertiary/aromatic N) is 2. The number of nitro groups is 1. The molecule has 1 atom stereocenters. The molecule has 7 nitrogen and oxygen atoms in total. The molecule has 1 aliphatic rings. The van der Waals surface area contributed by atoms with Gasteiger partial charge in [0.05, 0.1) is 17.6 Å². The van der Waals surface area contributed by atoms with E-state index in [1.165, 1.54) is 13.0 Å². The van der Waals surface area contributed by atoms with Crippen molar-refractivity contribution in [1.82, 2.24) is 0 Å². The van der Waals surface area contributed by atoms with Crippen LogP contribution in [0.1, 0.15) is 59.8 Å². The number of anilines is 1. The Hall–Kier alpha value is -2.38. The lowest BCUT2D eigenvalue weighted by Crippen LogP contribution is -2.39. The molecule has 1 fully saturated rings. The van der Waals surface area contributed by atoms with Gasteiger partial charge in [0.25, 0.3) is 5.69 Å². The van der Waals surface area contributed by atoms with Crippen molar-refractivity contribution in [3.63, 3.8) is 0 Å². The molecule has 0 saturated heterocycles. The summed E-state index contributed by atoms with van der Waals surface area (Å²) in [4.78, 5) is 25.0. The van der Waals surface area contributed by atoms with Gasteiger partial charge in [-0.1, -0.05) is 33.1 Å². The fraction of sp³-hybridized carbons (Fsp3) is 0.667. The number of esters is 1. The SMILES string of the molecule is CCOC(=O)C(C)Oc1cc([N+](=O)[O-])c(N(CC(C)C)C2CCCCC2)cc1F. The van der Waals surface area contributed by atoms with E-state index in [2.05, 4.69) is 0 Å². The van der Waals surface area contributed by atoms with E-state index in [-0.39, 0.29) is 35.7 Å². The van der Waals surface area contributed by atoms with Crippen LogP contribution in [0.15, 0.2) is 12.1 Å². The standard InChI is InChI=1S/C21H31FN2O5/c1-5-28-21(25)15(4)29-20-12-19(24(26)27)18(11-17(20)22)23(13-14(2)3)16-9-7-6-8-10-16/h11-12,14-16H,5-10,13H2,1-4H3. The molecule has 0 bridgehead atoms. The Balaban J connectivity index is 2.40. The van der Waals surface area contributed by atoms with Crippen LogP contribution in [0.25, 0.3) is 0 Å². The molecule has 1 saturated carbocycles. The van der Waals surface area contributed by atoms with Crippen LogP contribution in [0.2, 0.25) is 0 Å². The van der Waals surface area contributed by atoms with E-state index in [1.807, 2.05) is 18.7 Å². The van der Waals surface area contributed by atoms with Gasteiger partial charge in [-0.25, -0.2) is 9.18 Å². The number of hydrogen-bond donors (Lipinski definition) is 0. The smallest absolute Gasteiger partial charge is 0.347 e. The summed E-state index contributed by atoms with van der Waals surface area (Å²) in [6.07, 6.45) is 4.08. The van der Waals surface area contributed by atoms with E-state index in [4.69, 9.17) is 9.47 Å². The third kappa shape index (κ3) is 6.05. The Labute approximate surface area is 171 Å². The molecule has 1 aliphatic carbocycles. The summed E-state index contributed by atoms with van der Waals surface area (Å²) >= 11 is 0. The maximum Gasteiger partial charge on any atom is 0.347 e. The summed E-state index contributed by atoms with van der Waals surface area (Å²) in [6.45, 7) is 7.92. The van der Waals surface area contributed by atoms with Gasteiger partial charge in [0, 0.05) is 18.7 Å². The maximum atomic E-state index is 14.8. The van der Waals surface area contributed by atoms with Crippen LogP contribution in [-0.2, 0) is 9.53 Å². The van der Waals surface area contributed by atoms with Crippen LogP contribution in [0.3, 0.4) is 0 Å². The predicted octanol–water partition coefficient (Wildman–Crippen LogP) is 4.86. The van der Waals surface area contributed by atoms with Crippen molar-refractivity contribution in [3.8, 4) is 5.75 Å². The lowest BCUT2D eigenvalue weighted by Gasteiger charge is -2.37. The topological polar surface area (TPSA) is 81.9 Å². The molecule has 2 rings (SSSR count). The van der Waals surface area contributed by atoms with Crippen LogP contribution in [-0.4, -0.2) is 36.2 Å². The van der Waals surface area contributed by atoms with Crippen molar-refractivity contribution in [2.45, 2.75) is 71.9 Å². The number of nitro benzene ring substituents is 1. The molecule has 29 heavy (non-hydrogen) atoms. The van der Waals surface area contributed by atoms with Gasteiger partial charge in [-0.3, -0.25) is 10.1 Å². The molecule has 0 spiro atoms. The molecule has 0 aromatic heterocycles. The van der Waals surface area contributed by atoms with Gasteiger partial charge in [0.1, 0.15) is 5.69 Å². The van der Waals surface area contributed by atoms with Crippen molar-refractivity contribution in [2.75, 3.05) is 18.1 Å². The van der Waals surface area contributed by atoms with E-state index in [1.54, 1.807) is 6.92 Å². The third-order valence-electron chi connectivity index (χ3n) is 5.03. The molecule has 162 valence electrons. The molecule has 1 unspecified atom stereocenters. The minimum absolute atomic E-state index is 0.148. The normalized spacial score (nSPS) is 15.8. The van der Waals surface area contributed by atoms with Gasteiger partial charge in [0.15, 0.2) is 17.7 Å². The highest BCUT2D eigenvalue weighted by molar-refractivity contribution is 5.75. The molecule has 8 heteroatoms. The lowest BCUT2D eigenvalue weighted by molar-refractivity contribution is -0.384. The summed E-state index contributed by atoms with van der Waals surface area (Å²) < 4.78 is 25.0. The summed E-state index contributed by atoms with van der Waals surface area (Å²) in [6, 6.07) is 2.40. The fourth-order valence-corrected chi connectivity index (χ4v) is 3.73. The van der Waals surface area contributed by atoms with Crippen molar-refractivity contribution in [1.29, 1.82) is 0 Å². The zero-order chi connectivity index (χ0) is 21.6. The molecular weight excluding hydrogens is 379 g/mol. The summed E-state index contributed by atoms with van der Waals surface area (Å²) in [5.41, 5.74) is 0.0490. The number of halogens is 1. The number of ether oxygens (including phenoxy) is 2. The first-order chi connectivity index (χ1) is 13.7. The van der Waals surface area contributed by atoms with Crippen LogP contribution in [0.5, 0.6) is 5.75 Å². The first-order valence-electron chi connectivity index (χ1n) is 10.3. The number of hydrogen-bond acceptors (Lipinski definition) is 6. The van der Waals surface area contributed by atoms with E-state index in [0.717, 1.165) is 38.2 Å². The molecule has 0 heterocycles. The Morgan fingerprint density at radius 2 is 1.93 bits per heavy atom. The number of carbonyl (C=O) groups excluding carboxylic acids is 1. The number of benzene rings is 1. The Kier molecular flexibility index (Phi) is 8.22. The van der Waals surface area contributed by atoms with E-state index in [9.17, 15) is 19.3 Å². The highest BCUT2D eigenvalue weighted by atomic mass is 19.1. The Morgan fingerprint density at radius 3 is 2.48 bits per heavy atom. The average Bonchev–Trinajstić information content (AvgIpc) is 2.68. The molecule has 1 aromatic carbocycles. The van der Waals surface area contributed by atoms with Crippen molar-refractivity contribution < 1.29 is 23.6 Å². The van der Waals surface area contributed by atoms with Gasteiger partial charge < -0.3 is 14.4 Å². The van der Waals surface area contributed by atoms with Crippen molar-refractivity contribution in [3.05, 3.63) is 28.1 Å². The Morgan fingerprint density at radius 1 is 1.28 bits per heavy atom. The lowest BCUT2D eigenvalue weighted by atomic mass is 9.93. The van der Waals surface area contributed by atoms with Gasteiger partial charge in [0.2, 0.25) is 0 Å². The number of carbonyl (C=O) groups is 1. The largest absolute Gasteiger partial charge is 0.476 e. The fourth-order valence-electron chi connectivity index (χ4n) is 3.73. The van der Waals surface area contributed by atoms with E-state index >= 15 is 0 Å². The highest BCUT2D eigenvalue weighted by Crippen LogP contribution is 2.38. The zero-order valence-electron chi connectivity index (χ0n) is 17.7. The quantitative estimate of drug-likeness (QED) is 0.328. The number of rotatable bonds is 9. The van der Waals surface area contributed by atoms with Gasteiger partial charge in [-0.15, -0.1) is 0 Å². The molecule has 0 radical (unpaired) electrons. The first kappa shape index (κ1) is 22.9. The van der Waals surface area contributed by atoms with Crippen LogP contribution in [0, 0.1) is 21.8 Å². The second-order valence-corrected chi connectivity index (χ2v) is 7.88. The van der Waals surface area contributed by atoms with Crippen molar-refractivity contribution in [2.24, 2.45) is 5.92 Å².